The summed E-state index contributed by atoms with van der Waals surface area (Å²) in [5.74, 6) is -0.225. The fourth-order valence-electron chi connectivity index (χ4n) is 1.80. The van der Waals surface area contributed by atoms with Crippen molar-refractivity contribution >= 4 is 27.6 Å². The lowest BCUT2D eigenvalue weighted by molar-refractivity contribution is -0.143. The summed E-state index contributed by atoms with van der Waals surface area (Å²) in [7, 11) is -3.17. The predicted octanol–water partition coefficient (Wildman–Crippen LogP) is 2.15. The summed E-state index contributed by atoms with van der Waals surface area (Å²) in [5, 5.41) is 9.07. The van der Waals surface area contributed by atoms with Gasteiger partial charge in [-0.1, -0.05) is 6.92 Å². The van der Waals surface area contributed by atoms with Gasteiger partial charge in [-0.3, -0.25) is 4.79 Å². The van der Waals surface area contributed by atoms with Crippen LogP contribution < -0.4 is 5.73 Å². The Bertz CT molecular complexity index is 583. The number of hydrogen-bond acceptors (Lipinski definition) is 5. The van der Waals surface area contributed by atoms with Crippen molar-refractivity contribution in [1.29, 1.82) is 0 Å². The van der Waals surface area contributed by atoms with Crippen LogP contribution in [0.5, 0.6) is 0 Å². The Morgan fingerprint density at radius 3 is 2.33 bits per heavy atom. The lowest BCUT2D eigenvalue weighted by atomic mass is 9.92. The second kappa shape index (κ2) is 7.29. The van der Waals surface area contributed by atoms with Crippen LogP contribution in [0.2, 0.25) is 0 Å². The third kappa shape index (κ3) is 5.33. The molecule has 0 saturated heterocycles. The molecule has 1 aromatic carbocycles. The van der Waals surface area contributed by atoms with Gasteiger partial charge in [-0.25, -0.2) is 8.42 Å². The molecule has 0 amide bonds. The van der Waals surface area contributed by atoms with Gasteiger partial charge in [0.05, 0.1) is 4.90 Å². The molecule has 7 heteroatoms. The Balaban J connectivity index is 2.48. The number of sulfone groups is 1. The van der Waals surface area contributed by atoms with E-state index < -0.39 is 21.3 Å². The Hall–Kier alpha value is -1.05. The van der Waals surface area contributed by atoms with Crippen molar-refractivity contribution in [1.82, 2.24) is 0 Å². The Labute approximate surface area is 129 Å². The monoisotopic (exact) mass is 331 g/mol. The van der Waals surface area contributed by atoms with E-state index in [2.05, 4.69) is 0 Å². The number of rotatable bonds is 8. The van der Waals surface area contributed by atoms with Crippen LogP contribution >= 0.6 is 11.8 Å². The molecular formula is C14H21NO4S2. The maximum Gasteiger partial charge on any atom is 0.323 e. The SMILES string of the molecule is CCC(N)(CCCSc1ccc(S(C)(=O)=O)cc1)C(=O)O. The van der Waals surface area contributed by atoms with Crippen LogP contribution in [0.1, 0.15) is 26.2 Å². The molecule has 5 nitrogen and oxygen atoms in total. The summed E-state index contributed by atoms with van der Waals surface area (Å²) in [4.78, 5) is 12.3. The predicted molar refractivity (Wildman–Crippen MR) is 84.4 cm³/mol. The van der Waals surface area contributed by atoms with Crippen LogP contribution in [0.4, 0.5) is 0 Å². The first kappa shape index (κ1) is 18.0. The smallest absolute Gasteiger partial charge is 0.323 e. The second-order valence-electron chi connectivity index (χ2n) is 5.01. The zero-order valence-corrected chi connectivity index (χ0v) is 13.8. The number of benzene rings is 1. The molecule has 118 valence electrons. The normalized spacial score (nSPS) is 14.6. The number of thioether (sulfide) groups is 1. The van der Waals surface area contributed by atoms with Gasteiger partial charge in [0, 0.05) is 11.2 Å². The minimum atomic E-state index is -3.17. The van der Waals surface area contributed by atoms with E-state index in [0.717, 1.165) is 10.6 Å². The average molecular weight is 331 g/mol. The quantitative estimate of drug-likeness (QED) is 0.559. The molecule has 1 unspecified atom stereocenters. The van der Waals surface area contributed by atoms with Gasteiger partial charge < -0.3 is 10.8 Å². The van der Waals surface area contributed by atoms with Gasteiger partial charge in [0.25, 0.3) is 0 Å². The van der Waals surface area contributed by atoms with Crippen LogP contribution in [0.25, 0.3) is 0 Å². The average Bonchev–Trinajstić information content (AvgIpc) is 2.42. The van der Waals surface area contributed by atoms with Crippen LogP contribution in [0.15, 0.2) is 34.1 Å². The van der Waals surface area contributed by atoms with Gasteiger partial charge in [0.2, 0.25) is 0 Å². The highest BCUT2D eigenvalue weighted by Gasteiger charge is 2.30. The Kier molecular flexibility index (Phi) is 6.24. The molecule has 0 aliphatic heterocycles. The molecule has 0 spiro atoms. The summed E-state index contributed by atoms with van der Waals surface area (Å²) in [6.45, 7) is 1.77. The van der Waals surface area contributed by atoms with Crippen LogP contribution in [0, 0.1) is 0 Å². The van der Waals surface area contributed by atoms with Crippen molar-refractivity contribution in [3.8, 4) is 0 Å². The molecule has 1 rings (SSSR count). The zero-order valence-electron chi connectivity index (χ0n) is 12.2. The maximum atomic E-state index is 11.3. The third-order valence-corrected chi connectivity index (χ3v) is 5.57. The van der Waals surface area contributed by atoms with E-state index in [0.29, 0.717) is 24.2 Å². The summed E-state index contributed by atoms with van der Waals surface area (Å²) < 4.78 is 22.7. The molecule has 3 N–H and O–H groups in total. The van der Waals surface area contributed by atoms with Gasteiger partial charge in [0.15, 0.2) is 9.84 Å². The van der Waals surface area contributed by atoms with Gasteiger partial charge >= 0.3 is 5.97 Å². The van der Waals surface area contributed by atoms with E-state index in [1.54, 1.807) is 43.0 Å². The van der Waals surface area contributed by atoms with E-state index in [4.69, 9.17) is 10.8 Å². The largest absolute Gasteiger partial charge is 0.480 e. The highest BCUT2D eigenvalue weighted by Crippen LogP contribution is 2.23. The van der Waals surface area contributed by atoms with Crippen LogP contribution in [0.3, 0.4) is 0 Å². The fourth-order valence-corrected chi connectivity index (χ4v) is 3.28. The molecule has 0 radical (unpaired) electrons. The standard InChI is InChI=1S/C14H21NO4S2/c1-3-14(15,13(16)17)9-4-10-20-11-5-7-12(8-6-11)21(2,18)19/h5-8H,3-4,9-10,15H2,1-2H3,(H,16,17). The molecule has 1 aromatic rings. The van der Waals surface area contributed by atoms with Gasteiger partial charge in [-0.2, -0.15) is 0 Å². The molecule has 0 bridgehead atoms. The first-order valence-electron chi connectivity index (χ1n) is 6.64. The maximum absolute atomic E-state index is 11.3. The van der Waals surface area contributed by atoms with E-state index in [-0.39, 0.29) is 0 Å². The van der Waals surface area contributed by atoms with E-state index >= 15 is 0 Å². The molecule has 0 aromatic heterocycles. The molecule has 21 heavy (non-hydrogen) atoms. The van der Waals surface area contributed by atoms with Crippen molar-refractivity contribution in [2.24, 2.45) is 5.73 Å². The van der Waals surface area contributed by atoms with Crippen molar-refractivity contribution in [2.75, 3.05) is 12.0 Å². The number of carboxylic acids is 1. The number of carbonyl (C=O) groups is 1. The molecule has 1 atom stereocenters. The van der Waals surface area contributed by atoms with Gasteiger partial charge in [0.1, 0.15) is 5.54 Å². The summed E-state index contributed by atoms with van der Waals surface area (Å²) in [6.07, 6.45) is 2.69. The topological polar surface area (TPSA) is 97.5 Å². The van der Waals surface area contributed by atoms with Crippen molar-refractivity contribution in [3.63, 3.8) is 0 Å². The van der Waals surface area contributed by atoms with E-state index in [1.807, 2.05) is 0 Å². The summed E-state index contributed by atoms with van der Waals surface area (Å²) in [6, 6.07) is 6.67. The fraction of sp³-hybridized carbons (Fsp3) is 0.500. The van der Waals surface area contributed by atoms with Crippen LogP contribution in [-0.4, -0.2) is 37.0 Å². The summed E-state index contributed by atoms with van der Waals surface area (Å²) >= 11 is 1.56. The van der Waals surface area contributed by atoms with Gasteiger partial charge in [-0.15, -0.1) is 11.8 Å². The molecule has 0 aliphatic rings. The molecule has 0 fully saturated rings. The first-order chi connectivity index (χ1) is 9.69. The highest BCUT2D eigenvalue weighted by molar-refractivity contribution is 7.99. The lowest BCUT2D eigenvalue weighted by Gasteiger charge is -2.22. The zero-order chi connectivity index (χ0) is 16.1. The van der Waals surface area contributed by atoms with E-state index in [9.17, 15) is 13.2 Å². The number of hydrogen-bond donors (Lipinski definition) is 2. The van der Waals surface area contributed by atoms with Crippen LogP contribution in [-0.2, 0) is 14.6 Å². The van der Waals surface area contributed by atoms with Crippen molar-refractivity contribution in [3.05, 3.63) is 24.3 Å². The molecule has 0 heterocycles. The third-order valence-electron chi connectivity index (χ3n) is 3.34. The number of carboxylic acid groups (broad SMARTS) is 1. The Morgan fingerprint density at radius 2 is 1.90 bits per heavy atom. The second-order valence-corrected chi connectivity index (χ2v) is 8.19. The number of aliphatic carboxylic acids is 1. The molecular weight excluding hydrogens is 310 g/mol. The highest BCUT2D eigenvalue weighted by atomic mass is 32.2. The minimum Gasteiger partial charge on any atom is -0.480 e. The molecule has 0 saturated carbocycles. The number of nitrogens with two attached hydrogens (primary N) is 1. The van der Waals surface area contributed by atoms with Crippen molar-refractivity contribution < 1.29 is 18.3 Å². The summed E-state index contributed by atoms with van der Waals surface area (Å²) in [5.41, 5.74) is 4.66. The first-order valence-corrected chi connectivity index (χ1v) is 9.52. The van der Waals surface area contributed by atoms with E-state index in [1.165, 1.54) is 6.26 Å². The lowest BCUT2D eigenvalue weighted by Crippen LogP contribution is -2.47. The van der Waals surface area contributed by atoms with Crippen molar-refractivity contribution in [2.45, 2.75) is 41.5 Å². The minimum absolute atomic E-state index is 0.296. The van der Waals surface area contributed by atoms with Gasteiger partial charge in [-0.05, 0) is 49.3 Å². The Morgan fingerprint density at radius 1 is 1.33 bits per heavy atom. The molecule has 0 aliphatic carbocycles.